The molecule has 0 bridgehead atoms. The fourth-order valence-corrected chi connectivity index (χ4v) is 5.11. The molecule has 0 heterocycles. The van der Waals surface area contributed by atoms with E-state index < -0.39 is 0 Å². The fourth-order valence-electron chi connectivity index (χ4n) is 5.11. The highest BCUT2D eigenvalue weighted by atomic mass is 14.9. The van der Waals surface area contributed by atoms with Crippen molar-refractivity contribution in [2.24, 2.45) is 5.73 Å². The second-order valence-electron chi connectivity index (χ2n) is 13.5. The molecule has 2 rings (SSSR count). The van der Waals surface area contributed by atoms with Gasteiger partial charge in [0.05, 0.1) is 0 Å². The van der Waals surface area contributed by atoms with E-state index in [0.29, 0.717) is 6.04 Å². The molecule has 2 aromatic rings. The van der Waals surface area contributed by atoms with Crippen LogP contribution in [0.3, 0.4) is 0 Å². The lowest BCUT2D eigenvalue weighted by Crippen LogP contribution is -2.32. The van der Waals surface area contributed by atoms with Gasteiger partial charge in [0.15, 0.2) is 0 Å². The highest BCUT2D eigenvalue weighted by Crippen LogP contribution is 2.27. The molecule has 4 N–H and O–H groups in total. The smallest absolute Gasteiger partial charge is 0.00672 e. The van der Waals surface area contributed by atoms with Crippen LogP contribution in [-0.2, 0) is 23.7 Å². The van der Waals surface area contributed by atoms with Crippen LogP contribution in [0.4, 0.5) is 0 Å². The van der Waals surface area contributed by atoms with Gasteiger partial charge >= 0.3 is 0 Å². The average Bonchev–Trinajstić information content (AvgIpc) is 2.84. The molecule has 2 aromatic carbocycles. The van der Waals surface area contributed by atoms with Crippen LogP contribution in [0.15, 0.2) is 36.4 Å². The van der Waals surface area contributed by atoms with E-state index in [1.165, 1.54) is 78.3 Å². The van der Waals surface area contributed by atoms with Gasteiger partial charge in [-0.25, -0.2) is 0 Å². The minimum Gasteiger partial charge on any atom is -0.330 e. The standard InChI is InChI=1S/C35H59N3/c1-27-17-19-31(34(3,4)5)25-29(27)13-9-15-33(38-24-12-23-37-22-11-21-36)16-10-14-30-26-32(35(6,7)8)20-18-28(30)2/h17-20,25-26,33,37-38H,9-16,21-24,36H2,1-8H3. The maximum absolute atomic E-state index is 5.61. The largest absolute Gasteiger partial charge is 0.330 e. The molecule has 0 aliphatic carbocycles. The summed E-state index contributed by atoms with van der Waals surface area (Å²) >= 11 is 0. The summed E-state index contributed by atoms with van der Waals surface area (Å²) in [6.45, 7) is 22.3. The Morgan fingerprint density at radius 1 is 0.658 bits per heavy atom. The van der Waals surface area contributed by atoms with Gasteiger partial charge in [-0.05, 0) is 136 Å². The fraction of sp³-hybridized carbons (Fsp3) is 0.657. The molecule has 0 amide bonds. The quantitative estimate of drug-likeness (QED) is 0.200. The molecule has 0 radical (unpaired) electrons. The first-order chi connectivity index (χ1) is 17.9. The molecule has 0 aromatic heterocycles. The molecule has 0 unspecified atom stereocenters. The molecule has 0 spiro atoms. The minimum atomic E-state index is 0.202. The predicted molar refractivity (Wildman–Crippen MR) is 169 cm³/mol. The Bertz CT molecular complexity index is 879. The summed E-state index contributed by atoms with van der Waals surface area (Å²) in [5, 5.41) is 7.44. The third-order valence-electron chi connectivity index (χ3n) is 7.95. The molecular weight excluding hydrogens is 462 g/mol. The maximum atomic E-state index is 5.61. The lowest BCUT2D eigenvalue weighted by molar-refractivity contribution is 0.424. The number of rotatable bonds is 16. The van der Waals surface area contributed by atoms with Gasteiger partial charge in [0.2, 0.25) is 0 Å². The lowest BCUT2D eigenvalue weighted by Gasteiger charge is -2.22. The van der Waals surface area contributed by atoms with Crippen molar-refractivity contribution in [3.8, 4) is 0 Å². The molecule has 38 heavy (non-hydrogen) atoms. The third-order valence-corrected chi connectivity index (χ3v) is 7.95. The van der Waals surface area contributed by atoms with Crippen molar-refractivity contribution in [3.05, 3.63) is 69.8 Å². The van der Waals surface area contributed by atoms with Crippen LogP contribution < -0.4 is 16.4 Å². The molecule has 0 aliphatic rings. The van der Waals surface area contributed by atoms with Crippen LogP contribution in [0, 0.1) is 13.8 Å². The Morgan fingerprint density at radius 2 is 1.13 bits per heavy atom. The molecule has 214 valence electrons. The van der Waals surface area contributed by atoms with E-state index >= 15 is 0 Å². The number of nitrogens with one attached hydrogen (secondary N) is 2. The van der Waals surface area contributed by atoms with E-state index in [-0.39, 0.29) is 10.8 Å². The van der Waals surface area contributed by atoms with Crippen LogP contribution in [0.5, 0.6) is 0 Å². The van der Waals surface area contributed by atoms with Gasteiger partial charge in [-0.15, -0.1) is 0 Å². The first kappa shape index (κ1) is 32.5. The zero-order valence-electron chi connectivity index (χ0n) is 26.1. The van der Waals surface area contributed by atoms with Gasteiger partial charge in [-0.1, -0.05) is 77.9 Å². The summed E-state index contributed by atoms with van der Waals surface area (Å²) in [4.78, 5) is 0. The first-order valence-electron chi connectivity index (χ1n) is 15.3. The molecule has 0 fully saturated rings. The molecule has 0 atom stereocenters. The third kappa shape index (κ3) is 11.6. The normalized spacial score (nSPS) is 12.5. The predicted octanol–water partition coefficient (Wildman–Crippen LogP) is 7.53. The van der Waals surface area contributed by atoms with Gasteiger partial charge in [-0.3, -0.25) is 0 Å². The molecule has 0 aliphatic heterocycles. The highest BCUT2D eigenvalue weighted by Gasteiger charge is 2.17. The van der Waals surface area contributed by atoms with Crippen LogP contribution >= 0.6 is 0 Å². The van der Waals surface area contributed by atoms with Crippen molar-refractivity contribution in [3.63, 3.8) is 0 Å². The Balaban J connectivity index is 1.95. The Kier molecular flexibility index (Phi) is 13.5. The summed E-state index contributed by atoms with van der Waals surface area (Å²) in [5.41, 5.74) is 14.8. The highest BCUT2D eigenvalue weighted by molar-refractivity contribution is 5.35. The molecular formula is C35H59N3. The second-order valence-corrected chi connectivity index (χ2v) is 13.5. The minimum absolute atomic E-state index is 0.202. The van der Waals surface area contributed by atoms with E-state index in [1.807, 2.05) is 0 Å². The van der Waals surface area contributed by atoms with Crippen molar-refractivity contribution in [1.82, 2.24) is 10.6 Å². The van der Waals surface area contributed by atoms with Gasteiger partial charge in [-0.2, -0.15) is 0 Å². The number of nitrogens with two attached hydrogens (primary N) is 1. The van der Waals surface area contributed by atoms with Crippen LogP contribution in [0.25, 0.3) is 0 Å². The molecule has 3 nitrogen and oxygen atoms in total. The van der Waals surface area contributed by atoms with E-state index in [4.69, 9.17) is 5.73 Å². The zero-order valence-corrected chi connectivity index (χ0v) is 26.1. The summed E-state index contributed by atoms with van der Waals surface area (Å²) in [7, 11) is 0. The average molecular weight is 522 g/mol. The molecule has 3 heteroatoms. The topological polar surface area (TPSA) is 50.1 Å². The summed E-state index contributed by atoms with van der Waals surface area (Å²) in [5.74, 6) is 0. The Morgan fingerprint density at radius 3 is 1.58 bits per heavy atom. The van der Waals surface area contributed by atoms with E-state index in [9.17, 15) is 0 Å². The van der Waals surface area contributed by atoms with Gasteiger partial charge < -0.3 is 16.4 Å². The van der Waals surface area contributed by atoms with E-state index in [0.717, 1.165) is 32.6 Å². The summed E-state index contributed by atoms with van der Waals surface area (Å²) in [6, 6.07) is 14.7. The second kappa shape index (κ2) is 15.8. The Hall–Kier alpha value is -1.68. The lowest BCUT2D eigenvalue weighted by atomic mass is 9.84. The maximum Gasteiger partial charge on any atom is 0.00672 e. The zero-order chi connectivity index (χ0) is 28.2. The van der Waals surface area contributed by atoms with Crippen molar-refractivity contribution in [2.75, 3.05) is 26.2 Å². The molecule has 0 saturated heterocycles. The number of benzene rings is 2. The van der Waals surface area contributed by atoms with Crippen molar-refractivity contribution in [2.45, 2.75) is 124 Å². The van der Waals surface area contributed by atoms with Crippen molar-refractivity contribution < 1.29 is 0 Å². The number of hydrogen-bond donors (Lipinski definition) is 3. The van der Waals surface area contributed by atoms with Crippen LogP contribution in [-0.4, -0.2) is 32.2 Å². The van der Waals surface area contributed by atoms with Crippen molar-refractivity contribution >= 4 is 0 Å². The Labute approximate surface area is 235 Å². The molecule has 0 saturated carbocycles. The summed E-state index contributed by atoms with van der Waals surface area (Å²) in [6.07, 6.45) is 9.51. The van der Waals surface area contributed by atoms with Crippen molar-refractivity contribution in [1.29, 1.82) is 0 Å². The van der Waals surface area contributed by atoms with Crippen LogP contribution in [0.1, 0.15) is 113 Å². The first-order valence-corrected chi connectivity index (χ1v) is 15.3. The monoisotopic (exact) mass is 521 g/mol. The SMILES string of the molecule is Cc1ccc(C(C)(C)C)cc1CCCC(CCCc1cc(C(C)(C)C)ccc1C)NCCCNCCCN. The van der Waals surface area contributed by atoms with Gasteiger partial charge in [0.25, 0.3) is 0 Å². The van der Waals surface area contributed by atoms with Crippen LogP contribution in [0.2, 0.25) is 0 Å². The van der Waals surface area contributed by atoms with Gasteiger partial charge in [0, 0.05) is 6.04 Å². The van der Waals surface area contributed by atoms with E-state index in [2.05, 4.69) is 102 Å². The number of aryl methyl sites for hydroxylation is 4. The van der Waals surface area contributed by atoms with Gasteiger partial charge in [0.1, 0.15) is 0 Å². The summed E-state index contributed by atoms with van der Waals surface area (Å²) < 4.78 is 0. The van der Waals surface area contributed by atoms with E-state index in [1.54, 1.807) is 0 Å². The number of hydrogen-bond acceptors (Lipinski definition) is 3.